The smallest absolute Gasteiger partial charge is 0.124 e. The fourth-order valence-corrected chi connectivity index (χ4v) is 5.61. The molecule has 0 radical (unpaired) electrons. The fraction of sp³-hybridized carbons (Fsp3) is 0.455. The SMILES string of the molecule is CC(C)Oc1ccc(C(C)(C)C)cc1CNC1C(CCO)CNC1C(c1ccccc1)c1ccccc1. The first-order chi connectivity index (χ1) is 17.8. The second kappa shape index (κ2) is 12.3. The lowest BCUT2D eigenvalue weighted by Crippen LogP contribution is -2.46. The molecule has 37 heavy (non-hydrogen) atoms. The molecule has 198 valence electrons. The van der Waals surface area contributed by atoms with E-state index in [0.717, 1.165) is 18.7 Å². The molecule has 0 saturated carbocycles. The fourth-order valence-electron chi connectivity index (χ4n) is 5.61. The zero-order valence-corrected chi connectivity index (χ0v) is 23.1. The quantitative estimate of drug-likeness (QED) is 0.318. The minimum absolute atomic E-state index is 0.0632. The molecular weight excluding hydrogens is 456 g/mol. The van der Waals surface area contributed by atoms with Crippen molar-refractivity contribution in [2.24, 2.45) is 5.92 Å². The van der Waals surface area contributed by atoms with Crippen LogP contribution in [0.2, 0.25) is 0 Å². The topological polar surface area (TPSA) is 53.5 Å². The summed E-state index contributed by atoms with van der Waals surface area (Å²) >= 11 is 0. The molecule has 3 unspecified atom stereocenters. The third-order valence-corrected chi connectivity index (χ3v) is 7.50. The highest BCUT2D eigenvalue weighted by Crippen LogP contribution is 2.36. The maximum absolute atomic E-state index is 9.88. The Balaban J connectivity index is 1.67. The van der Waals surface area contributed by atoms with Gasteiger partial charge in [-0.3, -0.25) is 0 Å². The average Bonchev–Trinajstić information content (AvgIpc) is 3.26. The highest BCUT2D eigenvalue weighted by Gasteiger charge is 2.40. The van der Waals surface area contributed by atoms with Crippen LogP contribution in [0.1, 0.15) is 69.2 Å². The van der Waals surface area contributed by atoms with Gasteiger partial charge in [0.2, 0.25) is 0 Å². The third kappa shape index (κ3) is 6.81. The second-order valence-electron chi connectivity index (χ2n) is 11.7. The monoisotopic (exact) mass is 500 g/mol. The van der Waals surface area contributed by atoms with Crippen molar-refractivity contribution in [2.45, 2.75) is 77.1 Å². The predicted molar refractivity (Wildman–Crippen MR) is 153 cm³/mol. The summed E-state index contributed by atoms with van der Waals surface area (Å²) in [5, 5.41) is 17.7. The Bertz CT molecular complexity index is 1070. The first kappa shape index (κ1) is 27.4. The van der Waals surface area contributed by atoms with Crippen molar-refractivity contribution in [3.8, 4) is 5.75 Å². The van der Waals surface area contributed by atoms with Gasteiger partial charge in [0.1, 0.15) is 5.75 Å². The maximum atomic E-state index is 9.88. The van der Waals surface area contributed by atoms with Crippen LogP contribution in [0.5, 0.6) is 5.75 Å². The normalized spacial score (nSPS) is 20.1. The molecule has 4 nitrogen and oxygen atoms in total. The van der Waals surface area contributed by atoms with E-state index in [1.165, 1.54) is 22.3 Å². The van der Waals surface area contributed by atoms with Crippen molar-refractivity contribution in [2.75, 3.05) is 13.2 Å². The predicted octanol–water partition coefficient (Wildman–Crippen LogP) is 6.03. The summed E-state index contributed by atoms with van der Waals surface area (Å²) in [6.07, 6.45) is 0.886. The molecule has 0 bridgehead atoms. The third-order valence-electron chi connectivity index (χ3n) is 7.50. The molecule has 1 aliphatic heterocycles. The Morgan fingerprint density at radius 2 is 1.57 bits per heavy atom. The molecule has 4 heteroatoms. The summed E-state index contributed by atoms with van der Waals surface area (Å²) in [5.41, 5.74) is 5.17. The van der Waals surface area contributed by atoms with Crippen LogP contribution in [-0.4, -0.2) is 36.4 Å². The molecule has 0 aromatic heterocycles. The number of aliphatic hydroxyl groups excluding tert-OH is 1. The van der Waals surface area contributed by atoms with Gasteiger partial charge < -0.3 is 20.5 Å². The Labute approximate surface area is 223 Å². The van der Waals surface area contributed by atoms with Crippen LogP contribution < -0.4 is 15.4 Å². The lowest BCUT2D eigenvalue weighted by molar-refractivity contribution is 0.233. The average molecular weight is 501 g/mol. The van der Waals surface area contributed by atoms with Gasteiger partial charge in [0.05, 0.1) is 6.10 Å². The number of aliphatic hydroxyl groups is 1. The van der Waals surface area contributed by atoms with E-state index in [4.69, 9.17) is 4.74 Å². The molecule has 4 rings (SSSR count). The standard InChI is InChI=1S/C33H44N2O2/c1-23(2)37-29-17-16-28(33(3,4)5)20-27(29)22-34-31-26(18-19-36)21-35-32(31)30(24-12-8-6-9-13-24)25-14-10-7-11-15-25/h6-17,20,23,26,30-32,34-36H,18-19,21-22H2,1-5H3. The number of nitrogens with one attached hydrogen (secondary N) is 2. The van der Waals surface area contributed by atoms with E-state index >= 15 is 0 Å². The molecule has 3 aromatic carbocycles. The zero-order valence-electron chi connectivity index (χ0n) is 23.1. The molecule has 1 fully saturated rings. The molecule has 0 amide bonds. The summed E-state index contributed by atoms with van der Waals surface area (Å²) < 4.78 is 6.22. The summed E-state index contributed by atoms with van der Waals surface area (Å²) in [4.78, 5) is 0. The van der Waals surface area contributed by atoms with E-state index in [1.807, 2.05) is 0 Å². The van der Waals surface area contributed by atoms with Gasteiger partial charge in [-0.2, -0.15) is 0 Å². The molecular formula is C33H44N2O2. The van der Waals surface area contributed by atoms with Gasteiger partial charge in [-0.25, -0.2) is 0 Å². The maximum Gasteiger partial charge on any atom is 0.124 e. The van der Waals surface area contributed by atoms with E-state index < -0.39 is 0 Å². The van der Waals surface area contributed by atoms with Crippen molar-refractivity contribution >= 4 is 0 Å². The lowest BCUT2D eigenvalue weighted by atomic mass is 9.80. The number of rotatable bonds is 10. The molecule has 0 aliphatic carbocycles. The summed E-state index contributed by atoms with van der Waals surface area (Å²) in [6, 6.07) is 28.6. The number of hydrogen-bond donors (Lipinski definition) is 3. The second-order valence-corrected chi connectivity index (χ2v) is 11.7. The Hall–Kier alpha value is -2.66. The van der Waals surface area contributed by atoms with Gasteiger partial charge in [0, 0.05) is 36.7 Å². The number of hydrogen-bond acceptors (Lipinski definition) is 4. The largest absolute Gasteiger partial charge is 0.491 e. The van der Waals surface area contributed by atoms with Crippen molar-refractivity contribution in [3.63, 3.8) is 0 Å². The Morgan fingerprint density at radius 1 is 0.946 bits per heavy atom. The van der Waals surface area contributed by atoms with Crippen LogP contribution in [-0.2, 0) is 12.0 Å². The van der Waals surface area contributed by atoms with Gasteiger partial charge >= 0.3 is 0 Å². The van der Waals surface area contributed by atoms with E-state index in [0.29, 0.717) is 12.5 Å². The lowest BCUT2D eigenvalue weighted by Gasteiger charge is -2.33. The van der Waals surface area contributed by atoms with Crippen LogP contribution in [0.4, 0.5) is 0 Å². The number of ether oxygens (including phenoxy) is 1. The van der Waals surface area contributed by atoms with Crippen LogP contribution in [0, 0.1) is 5.92 Å². The van der Waals surface area contributed by atoms with Crippen LogP contribution in [0.15, 0.2) is 78.9 Å². The Kier molecular flexibility index (Phi) is 9.07. The van der Waals surface area contributed by atoms with Gasteiger partial charge in [-0.05, 0) is 60.9 Å². The van der Waals surface area contributed by atoms with E-state index in [-0.39, 0.29) is 36.1 Å². The van der Waals surface area contributed by atoms with Crippen molar-refractivity contribution in [1.29, 1.82) is 0 Å². The molecule has 1 aliphatic rings. The molecule has 3 atom stereocenters. The first-order valence-electron chi connectivity index (χ1n) is 13.8. The van der Waals surface area contributed by atoms with Gasteiger partial charge in [0.15, 0.2) is 0 Å². The van der Waals surface area contributed by atoms with Crippen LogP contribution >= 0.6 is 0 Å². The van der Waals surface area contributed by atoms with E-state index in [9.17, 15) is 5.11 Å². The van der Waals surface area contributed by atoms with Crippen LogP contribution in [0.3, 0.4) is 0 Å². The van der Waals surface area contributed by atoms with Gasteiger partial charge in [0.25, 0.3) is 0 Å². The van der Waals surface area contributed by atoms with Crippen molar-refractivity contribution in [1.82, 2.24) is 10.6 Å². The van der Waals surface area contributed by atoms with Gasteiger partial charge in [-0.15, -0.1) is 0 Å². The summed E-state index contributed by atoms with van der Waals surface area (Å²) in [7, 11) is 0. The van der Waals surface area contributed by atoms with Crippen molar-refractivity contribution in [3.05, 3.63) is 101 Å². The minimum Gasteiger partial charge on any atom is -0.491 e. The Morgan fingerprint density at radius 3 is 2.11 bits per heavy atom. The highest BCUT2D eigenvalue weighted by molar-refractivity contribution is 5.40. The van der Waals surface area contributed by atoms with Crippen LogP contribution in [0.25, 0.3) is 0 Å². The first-order valence-corrected chi connectivity index (χ1v) is 13.8. The number of benzene rings is 3. The van der Waals surface area contributed by atoms with E-state index in [2.05, 4.69) is 124 Å². The summed E-state index contributed by atoms with van der Waals surface area (Å²) in [6.45, 7) is 12.7. The summed E-state index contributed by atoms with van der Waals surface area (Å²) in [5.74, 6) is 1.49. The highest BCUT2D eigenvalue weighted by atomic mass is 16.5. The zero-order chi connectivity index (χ0) is 26.4. The molecule has 1 saturated heterocycles. The molecule has 0 spiro atoms. The minimum atomic E-state index is 0.0632. The van der Waals surface area contributed by atoms with Crippen molar-refractivity contribution < 1.29 is 9.84 Å². The van der Waals surface area contributed by atoms with E-state index in [1.54, 1.807) is 0 Å². The molecule has 1 heterocycles. The van der Waals surface area contributed by atoms with Gasteiger partial charge in [-0.1, -0.05) is 93.6 Å². The molecule has 3 N–H and O–H groups in total. The molecule has 3 aromatic rings.